The summed E-state index contributed by atoms with van der Waals surface area (Å²) in [7, 11) is 0. The largest absolute Gasteiger partial charge is 0.319 e. The quantitative estimate of drug-likeness (QED) is 0.753. The van der Waals surface area contributed by atoms with Crippen LogP contribution < -0.4 is 5.73 Å². The van der Waals surface area contributed by atoms with Crippen molar-refractivity contribution in [1.29, 1.82) is 0 Å². The van der Waals surface area contributed by atoms with Crippen molar-refractivity contribution in [2.24, 2.45) is 5.73 Å². The number of para-hydroxylation sites is 1. The number of nitrogens with zero attached hydrogens (tertiary/aromatic N) is 2. The molecule has 5 heteroatoms. The Morgan fingerprint density at radius 1 is 1.10 bits per heavy atom. The lowest BCUT2D eigenvalue weighted by molar-refractivity contribution is 0.737. The summed E-state index contributed by atoms with van der Waals surface area (Å²) in [4.78, 5) is 0. The standard InChI is InChI=1S/C16H13BrClN3/c17-14-10-11(18)6-7-13(14)16(19)15-8-9-20-21(15)12-4-2-1-3-5-12/h1-10,16H,19H2. The van der Waals surface area contributed by atoms with Crippen LogP contribution in [-0.2, 0) is 0 Å². The smallest absolute Gasteiger partial charge is 0.0738 e. The number of rotatable bonds is 3. The van der Waals surface area contributed by atoms with Crippen molar-refractivity contribution in [3.8, 4) is 5.69 Å². The van der Waals surface area contributed by atoms with Gasteiger partial charge < -0.3 is 5.73 Å². The molecule has 3 nitrogen and oxygen atoms in total. The SMILES string of the molecule is NC(c1ccc(Cl)cc1Br)c1ccnn1-c1ccccc1. The summed E-state index contributed by atoms with van der Waals surface area (Å²) in [6, 6.07) is 17.2. The molecule has 0 radical (unpaired) electrons. The summed E-state index contributed by atoms with van der Waals surface area (Å²) in [5.74, 6) is 0. The molecule has 2 aromatic carbocycles. The second-order valence-electron chi connectivity index (χ2n) is 4.65. The second-order valence-corrected chi connectivity index (χ2v) is 5.94. The highest BCUT2D eigenvalue weighted by atomic mass is 79.9. The third-order valence-electron chi connectivity index (χ3n) is 3.29. The molecule has 106 valence electrons. The summed E-state index contributed by atoms with van der Waals surface area (Å²) >= 11 is 9.51. The van der Waals surface area contributed by atoms with E-state index in [2.05, 4.69) is 21.0 Å². The van der Waals surface area contributed by atoms with Crippen LogP contribution in [0.25, 0.3) is 5.69 Å². The average molecular weight is 363 g/mol. The maximum atomic E-state index is 6.42. The van der Waals surface area contributed by atoms with Crippen LogP contribution in [0, 0.1) is 0 Å². The van der Waals surface area contributed by atoms with Gasteiger partial charge in [-0.05, 0) is 35.9 Å². The fourth-order valence-corrected chi connectivity index (χ4v) is 3.18. The van der Waals surface area contributed by atoms with Crippen LogP contribution in [0.2, 0.25) is 5.02 Å². The number of benzene rings is 2. The van der Waals surface area contributed by atoms with Crippen molar-refractivity contribution in [2.75, 3.05) is 0 Å². The van der Waals surface area contributed by atoms with Gasteiger partial charge in [0.1, 0.15) is 0 Å². The van der Waals surface area contributed by atoms with E-state index < -0.39 is 0 Å². The van der Waals surface area contributed by atoms with Gasteiger partial charge in [0.05, 0.1) is 17.4 Å². The molecule has 3 aromatic rings. The molecule has 0 spiro atoms. The first kappa shape index (κ1) is 14.3. The van der Waals surface area contributed by atoms with Crippen molar-refractivity contribution >= 4 is 27.5 Å². The molecule has 21 heavy (non-hydrogen) atoms. The predicted molar refractivity (Wildman–Crippen MR) is 88.7 cm³/mol. The molecule has 0 aliphatic rings. The fraction of sp³-hybridized carbons (Fsp3) is 0.0625. The number of halogens is 2. The lowest BCUT2D eigenvalue weighted by Gasteiger charge is -2.16. The molecule has 0 saturated heterocycles. The minimum absolute atomic E-state index is 0.292. The van der Waals surface area contributed by atoms with E-state index >= 15 is 0 Å². The van der Waals surface area contributed by atoms with E-state index in [1.807, 2.05) is 59.3 Å². The monoisotopic (exact) mass is 361 g/mol. The van der Waals surface area contributed by atoms with Crippen molar-refractivity contribution in [2.45, 2.75) is 6.04 Å². The molecule has 0 aliphatic heterocycles. The van der Waals surface area contributed by atoms with Gasteiger partial charge in [0.2, 0.25) is 0 Å². The Hall–Kier alpha value is -1.62. The molecule has 0 aliphatic carbocycles. The van der Waals surface area contributed by atoms with Crippen LogP contribution in [0.4, 0.5) is 0 Å². The van der Waals surface area contributed by atoms with E-state index in [0.717, 1.165) is 21.4 Å². The highest BCUT2D eigenvalue weighted by molar-refractivity contribution is 9.10. The molecule has 0 saturated carbocycles. The molecular weight excluding hydrogens is 350 g/mol. The van der Waals surface area contributed by atoms with Gasteiger partial charge in [-0.1, -0.05) is 51.8 Å². The van der Waals surface area contributed by atoms with Crippen molar-refractivity contribution < 1.29 is 0 Å². The third-order valence-corrected chi connectivity index (χ3v) is 4.21. The van der Waals surface area contributed by atoms with Crippen molar-refractivity contribution in [1.82, 2.24) is 9.78 Å². The summed E-state index contributed by atoms with van der Waals surface area (Å²) in [6.07, 6.45) is 1.76. The first-order valence-corrected chi connectivity index (χ1v) is 7.64. The zero-order chi connectivity index (χ0) is 14.8. The Kier molecular flexibility index (Phi) is 4.10. The first-order valence-electron chi connectivity index (χ1n) is 6.46. The maximum Gasteiger partial charge on any atom is 0.0738 e. The predicted octanol–water partition coefficient (Wildman–Crippen LogP) is 4.34. The highest BCUT2D eigenvalue weighted by Gasteiger charge is 2.17. The number of nitrogens with two attached hydrogens (primary N) is 1. The molecule has 0 amide bonds. The van der Waals surface area contributed by atoms with E-state index in [1.165, 1.54) is 0 Å². The van der Waals surface area contributed by atoms with Gasteiger partial charge in [0.25, 0.3) is 0 Å². The summed E-state index contributed by atoms with van der Waals surface area (Å²) in [5, 5.41) is 5.05. The Balaban J connectivity index is 2.03. The molecule has 2 N–H and O–H groups in total. The fourth-order valence-electron chi connectivity index (χ4n) is 2.25. The van der Waals surface area contributed by atoms with Crippen LogP contribution in [0.5, 0.6) is 0 Å². The molecular formula is C16H13BrClN3. The lowest BCUT2D eigenvalue weighted by Crippen LogP contribution is -2.17. The Morgan fingerprint density at radius 3 is 2.57 bits per heavy atom. The summed E-state index contributed by atoms with van der Waals surface area (Å²) in [6.45, 7) is 0. The third kappa shape index (κ3) is 2.88. The van der Waals surface area contributed by atoms with Gasteiger partial charge in [-0.3, -0.25) is 0 Å². The Bertz CT molecular complexity index is 755. The topological polar surface area (TPSA) is 43.8 Å². The molecule has 1 aromatic heterocycles. The maximum absolute atomic E-state index is 6.42. The van der Waals surface area contributed by atoms with Crippen LogP contribution >= 0.6 is 27.5 Å². The first-order chi connectivity index (χ1) is 10.2. The van der Waals surface area contributed by atoms with E-state index in [4.69, 9.17) is 17.3 Å². The summed E-state index contributed by atoms with van der Waals surface area (Å²) in [5.41, 5.74) is 9.29. The van der Waals surface area contributed by atoms with E-state index in [-0.39, 0.29) is 6.04 Å². The highest BCUT2D eigenvalue weighted by Crippen LogP contribution is 2.30. The second kappa shape index (κ2) is 6.02. The number of aromatic nitrogens is 2. The zero-order valence-corrected chi connectivity index (χ0v) is 13.4. The van der Waals surface area contributed by atoms with Crippen LogP contribution in [0.1, 0.15) is 17.3 Å². The summed E-state index contributed by atoms with van der Waals surface area (Å²) < 4.78 is 2.74. The molecule has 0 fully saturated rings. The van der Waals surface area contributed by atoms with Gasteiger partial charge in [-0.25, -0.2) is 4.68 Å². The molecule has 0 bridgehead atoms. The van der Waals surface area contributed by atoms with Gasteiger partial charge in [0, 0.05) is 15.7 Å². The van der Waals surface area contributed by atoms with E-state index in [9.17, 15) is 0 Å². The Labute approximate surface area is 136 Å². The molecule has 1 heterocycles. The van der Waals surface area contributed by atoms with Crippen molar-refractivity contribution in [3.05, 3.63) is 81.5 Å². The Morgan fingerprint density at radius 2 is 1.86 bits per heavy atom. The molecule has 1 atom stereocenters. The number of hydrogen-bond donors (Lipinski definition) is 1. The van der Waals surface area contributed by atoms with Gasteiger partial charge in [-0.2, -0.15) is 5.10 Å². The minimum atomic E-state index is -0.292. The van der Waals surface area contributed by atoms with Crippen molar-refractivity contribution in [3.63, 3.8) is 0 Å². The van der Waals surface area contributed by atoms with Gasteiger partial charge in [-0.15, -0.1) is 0 Å². The average Bonchev–Trinajstić information content (AvgIpc) is 2.97. The van der Waals surface area contributed by atoms with Gasteiger partial charge in [0.15, 0.2) is 0 Å². The molecule has 1 unspecified atom stereocenters. The van der Waals surface area contributed by atoms with Crippen LogP contribution in [-0.4, -0.2) is 9.78 Å². The normalized spacial score (nSPS) is 12.3. The molecule has 3 rings (SSSR count). The van der Waals surface area contributed by atoms with Crippen LogP contribution in [0.3, 0.4) is 0 Å². The van der Waals surface area contributed by atoms with Crippen LogP contribution in [0.15, 0.2) is 65.3 Å². The van der Waals surface area contributed by atoms with Gasteiger partial charge >= 0.3 is 0 Å². The van der Waals surface area contributed by atoms with E-state index in [1.54, 1.807) is 6.20 Å². The lowest BCUT2D eigenvalue weighted by atomic mass is 10.0. The minimum Gasteiger partial charge on any atom is -0.319 e. The number of hydrogen-bond acceptors (Lipinski definition) is 2. The zero-order valence-electron chi connectivity index (χ0n) is 11.1. The van der Waals surface area contributed by atoms with E-state index in [0.29, 0.717) is 5.02 Å².